The third-order valence-corrected chi connectivity index (χ3v) is 7.11. The van der Waals surface area contributed by atoms with E-state index in [0.29, 0.717) is 51.4 Å². The minimum Gasteiger partial charge on any atom is -0.443 e. The third kappa shape index (κ3) is 4.16. The van der Waals surface area contributed by atoms with Crippen molar-refractivity contribution in [3.8, 4) is 6.07 Å². The average Bonchev–Trinajstić information content (AvgIpc) is 3.43. The molecule has 0 bridgehead atoms. The molecular weight excluding hydrogens is 452 g/mol. The number of carbonyl (C=O) groups excluding carboxylic acids is 1. The standard InChI is InChI=1S/C22H21F2N5O3S/c23-19(24)12-32-22(30)29-6-4-28(5-7-29)17-1-3-26-16-9-13(14(10-25)20(16)17)21-27-15-2-8-31-11-18(15)33-21/h1,3,19H,2,4-9,11-12H2. The number of piperazine rings is 1. The van der Waals surface area contributed by atoms with Crippen LogP contribution in [0.15, 0.2) is 12.3 Å². The number of ether oxygens (including phenoxy) is 2. The minimum atomic E-state index is -2.68. The molecule has 0 N–H and O–H groups in total. The first kappa shape index (κ1) is 21.7. The van der Waals surface area contributed by atoms with Crippen molar-refractivity contribution in [2.45, 2.75) is 25.9 Å². The molecule has 0 atom stereocenters. The molecule has 0 unspecified atom stereocenters. The van der Waals surface area contributed by atoms with Crippen molar-refractivity contribution >= 4 is 34.3 Å². The molecule has 1 aliphatic carbocycles. The lowest BCUT2D eigenvalue weighted by atomic mass is 10.1. The van der Waals surface area contributed by atoms with Crippen molar-refractivity contribution in [3.63, 3.8) is 0 Å². The van der Waals surface area contributed by atoms with Crippen LogP contribution in [0, 0.1) is 11.3 Å². The number of fused-ring (bicyclic) bond motifs is 2. The molecule has 1 amide bonds. The Morgan fingerprint density at radius 2 is 2.12 bits per heavy atom. The molecule has 4 heterocycles. The number of aromatic nitrogens is 2. The molecule has 0 radical (unpaired) electrons. The summed E-state index contributed by atoms with van der Waals surface area (Å²) in [5.41, 5.74) is 5.05. The molecule has 2 aromatic heterocycles. The summed E-state index contributed by atoms with van der Waals surface area (Å²) in [4.78, 5) is 25.9. The highest BCUT2D eigenvalue weighted by Crippen LogP contribution is 2.43. The maximum atomic E-state index is 12.3. The van der Waals surface area contributed by atoms with E-state index in [1.165, 1.54) is 4.90 Å². The number of hydrogen-bond acceptors (Lipinski definition) is 8. The van der Waals surface area contributed by atoms with Gasteiger partial charge in [0.15, 0.2) is 6.61 Å². The molecule has 8 nitrogen and oxygen atoms in total. The second-order valence-electron chi connectivity index (χ2n) is 7.93. The lowest BCUT2D eigenvalue weighted by Crippen LogP contribution is -2.49. The smallest absolute Gasteiger partial charge is 0.410 e. The van der Waals surface area contributed by atoms with Crippen molar-refractivity contribution < 1.29 is 23.0 Å². The first-order valence-electron chi connectivity index (χ1n) is 10.7. The highest BCUT2D eigenvalue weighted by molar-refractivity contribution is 7.13. The summed E-state index contributed by atoms with van der Waals surface area (Å²) in [6.45, 7) is 2.00. The predicted octanol–water partition coefficient (Wildman–Crippen LogP) is 3.12. The van der Waals surface area contributed by atoms with Crippen LogP contribution < -0.4 is 4.90 Å². The number of nitriles is 1. The van der Waals surface area contributed by atoms with Gasteiger partial charge in [-0.2, -0.15) is 5.26 Å². The van der Waals surface area contributed by atoms with Crippen LogP contribution in [0.2, 0.25) is 0 Å². The van der Waals surface area contributed by atoms with Gasteiger partial charge in [-0.15, -0.1) is 11.3 Å². The molecule has 2 aliphatic heterocycles. The summed E-state index contributed by atoms with van der Waals surface area (Å²) in [7, 11) is 0. The number of thiazole rings is 1. The molecule has 2 aromatic rings. The van der Waals surface area contributed by atoms with Gasteiger partial charge in [-0.05, 0) is 6.07 Å². The number of pyridine rings is 1. The quantitative estimate of drug-likeness (QED) is 0.674. The maximum absolute atomic E-state index is 12.3. The number of alkyl halides is 2. The van der Waals surface area contributed by atoms with Gasteiger partial charge in [-0.1, -0.05) is 0 Å². The maximum Gasteiger partial charge on any atom is 0.410 e. The van der Waals surface area contributed by atoms with Crippen LogP contribution in [-0.2, 0) is 28.9 Å². The van der Waals surface area contributed by atoms with Crippen molar-refractivity contribution in [2.75, 3.05) is 44.3 Å². The average molecular weight is 474 g/mol. The largest absolute Gasteiger partial charge is 0.443 e. The summed E-state index contributed by atoms with van der Waals surface area (Å²) in [5.74, 6) is 0. The van der Waals surface area contributed by atoms with Crippen molar-refractivity contribution in [2.24, 2.45) is 0 Å². The number of allylic oxidation sites excluding steroid dienone is 2. The monoisotopic (exact) mass is 473 g/mol. The SMILES string of the molecule is N#CC1=C(c2nc3c(s2)COCC3)Cc2nccc(N3CCN(C(=O)OCC(F)F)CC3)c21. The normalized spacial score (nSPS) is 17.8. The van der Waals surface area contributed by atoms with E-state index in [-0.39, 0.29) is 0 Å². The van der Waals surface area contributed by atoms with E-state index >= 15 is 0 Å². The molecule has 5 rings (SSSR count). The van der Waals surface area contributed by atoms with Crippen LogP contribution in [0.4, 0.5) is 19.3 Å². The number of anilines is 1. The molecule has 33 heavy (non-hydrogen) atoms. The molecule has 0 aromatic carbocycles. The lowest BCUT2D eigenvalue weighted by Gasteiger charge is -2.36. The molecule has 1 saturated heterocycles. The number of halogens is 2. The van der Waals surface area contributed by atoms with Gasteiger partial charge in [0.2, 0.25) is 0 Å². The summed E-state index contributed by atoms with van der Waals surface area (Å²) in [6, 6.07) is 4.26. The highest BCUT2D eigenvalue weighted by Gasteiger charge is 2.32. The number of carbonyl (C=O) groups is 1. The van der Waals surface area contributed by atoms with Crippen LogP contribution in [0.5, 0.6) is 0 Å². The van der Waals surface area contributed by atoms with Crippen LogP contribution >= 0.6 is 11.3 Å². The van der Waals surface area contributed by atoms with E-state index in [4.69, 9.17) is 9.72 Å². The van der Waals surface area contributed by atoms with Gasteiger partial charge in [0.25, 0.3) is 6.43 Å². The minimum absolute atomic E-state index is 0.344. The van der Waals surface area contributed by atoms with E-state index in [1.54, 1.807) is 17.5 Å². The zero-order valence-corrected chi connectivity index (χ0v) is 18.5. The third-order valence-electron chi connectivity index (χ3n) is 5.98. The van der Waals surface area contributed by atoms with Crippen molar-refractivity contribution in [1.29, 1.82) is 5.26 Å². The summed E-state index contributed by atoms with van der Waals surface area (Å²) < 4.78 is 34.8. The Bertz CT molecular complexity index is 1130. The van der Waals surface area contributed by atoms with E-state index < -0.39 is 19.1 Å². The zero-order valence-electron chi connectivity index (χ0n) is 17.7. The van der Waals surface area contributed by atoms with Crippen LogP contribution in [0.3, 0.4) is 0 Å². The first-order valence-corrected chi connectivity index (χ1v) is 11.5. The number of rotatable bonds is 4. The van der Waals surface area contributed by atoms with Gasteiger partial charge in [0.05, 0.1) is 35.1 Å². The predicted molar refractivity (Wildman–Crippen MR) is 117 cm³/mol. The number of amides is 1. The van der Waals surface area contributed by atoms with Gasteiger partial charge in [-0.3, -0.25) is 4.98 Å². The van der Waals surface area contributed by atoms with Crippen molar-refractivity contribution in [1.82, 2.24) is 14.9 Å². The van der Waals surface area contributed by atoms with E-state index in [2.05, 4.69) is 20.7 Å². The number of nitrogens with zero attached hydrogens (tertiary/aromatic N) is 5. The van der Waals surface area contributed by atoms with Gasteiger partial charge < -0.3 is 19.3 Å². The Morgan fingerprint density at radius 1 is 1.30 bits per heavy atom. The Labute approximate surface area is 193 Å². The van der Waals surface area contributed by atoms with Crippen LogP contribution in [0.25, 0.3) is 11.1 Å². The Hall–Kier alpha value is -3.10. The van der Waals surface area contributed by atoms with Gasteiger partial charge in [-0.25, -0.2) is 18.6 Å². The van der Waals surface area contributed by atoms with Crippen LogP contribution in [0.1, 0.15) is 26.8 Å². The second kappa shape index (κ2) is 9.03. The molecule has 1 fully saturated rings. The fourth-order valence-corrected chi connectivity index (χ4v) is 5.48. The Morgan fingerprint density at radius 3 is 2.85 bits per heavy atom. The molecule has 3 aliphatic rings. The Balaban J connectivity index is 1.38. The molecule has 0 saturated carbocycles. The summed E-state index contributed by atoms with van der Waals surface area (Å²) in [6.07, 6.45) is -0.362. The first-order chi connectivity index (χ1) is 16.0. The van der Waals surface area contributed by atoms with E-state index in [0.717, 1.165) is 44.5 Å². The molecular formula is C22H21F2N5O3S. The molecule has 11 heteroatoms. The Kier molecular flexibility index (Phi) is 5.95. The van der Waals surface area contributed by atoms with E-state index in [1.807, 2.05) is 6.07 Å². The van der Waals surface area contributed by atoms with Gasteiger partial charge in [0.1, 0.15) is 11.1 Å². The molecule has 172 valence electrons. The molecule has 0 spiro atoms. The highest BCUT2D eigenvalue weighted by atomic mass is 32.1. The lowest BCUT2D eigenvalue weighted by molar-refractivity contribution is 0.0311. The summed E-state index contributed by atoms with van der Waals surface area (Å²) in [5, 5.41) is 10.9. The van der Waals surface area contributed by atoms with Gasteiger partial charge in [0, 0.05) is 62.0 Å². The topological polar surface area (TPSA) is 91.6 Å². The van der Waals surface area contributed by atoms with Gasteiger partial charge >= 0.3 is 6.09 Å². The summed E-state index contributed by atoms with van der Waals surface area (Å²) >= 11 is 1.58. The second-order valence-corrected chi connectivity index (χ2v) is 9.01. The zero-order chi connectivity index (χ0) is 22.9. The van der Waals surface area contributed by atoms with Crippen LogP contribution in [-0.4, -0.2) is 66.8 Å². The fourth-order valence-electron chi connectivity index (χ4n) is 4.39. The van der Waals surface area contributed by atoms with Crippen molar-refractivity contribution in [3.05, 3.63) is 39.1 Å². The number of hydrogen-bond donors (Lipinski definition) is 0. The van der Waals surface area contributed by atoms with E-state index in [9.17, 15) is 18.8 Å². The fraction of sp³-hybridized carbons (Fsp3) is 0.455.